The molecule has 2 aliphatic rings. The number of nitrogens with two attached hydrogens (primary N) is 1. The van der Waals surface area contributed by atoms with Crippen LogP contribution in [0.15, 0.2) is 55.1 Å². The lowest BCUT2D eigenvalue weighted by molar-refractivity contribution is -0.193. The highest BCUT2D eigenvalue weighted by Gasteiger charge is 2.52. The Kier molecular flexibility index (Phi) is 6.93. The van der Waals surface area contributed by atoms with Crippen LogP contribution in [0.4, 0.5) is 23.2 Å². The Labute approximate surface area is 262 Å². The SMILES string of the molecule is C[C@H](O)Cc1nc2c(cnn2C2(c3ccc(F)cn3)CC2)c(-c2ccc3c(c2)OC(F)(F)C(=O)N3Cc2ncc(F)cn2)c1C(N)=O. The van der Waals surface area contributed by atoms with Crippen molar-refractivity contribution in [1.82, 2.24) is 29.7 Å². The van der Waals surface area contributed by atoms with E-state index >= 15 is 0 Å². The number of carbonyl (C=O) groups excluding carboxylic acids is 2. The van der Waals surface area contributed by atoms with Crippen LogP contribution < -0.4 is 15.4 Å². The van der Waals surface area contributed by atoms with E-state index in [2.05, 4.69) is 20.1 Å². The molecule has 2 amide bonds. The molecule has 16 heteroatoms. The van der Waals surface area contributed by atoms with Crippen molar-refractivity contribution in [3.05, 3.63) is 89.5 Å². The summed E-state index contributed by atoms with van der Waals surface area (Å²) in [6, 6.07) is 6.90. The van der Waals surface area contributed by atoms with Gasteiger partial charge in [0, 0.05) is 17.4 Å². The van der Waals surface area contributed by atoms with Crippen molar-refractivity contribution in [2.45, 2.75) is 50.5 Å². The first kappa shape index (κ1) is 30.2. The van der Waals surface area contributed by atoms with Gasteiger partial charge in [-0.3, -0.25) is 19.5 Å². The summed E-state index contributed by atoms with van der Waals surface area (Å²) in [5, 5.41) is 15.2. The maximum atomic E-state index is 15.0. The third-order valence-corrected chi connectivity index (χ3v) is 8.11. The van der Waals surface area contributed by atoms with E-state index < -0.39 is 53.5 Å². The number of carbonyl (C=O) groups is 2. The number of pyridine rings is 2. The second-order valence-corrected chi connectivity index (χ2v) is 11.4. The fourth-order valence-electron chi connectivity index (χ4n) is 5.88. The zero-order chi connectivity index (χ0) is 33.2. The minimum Gasteiger partial charge on any atom is -0.423 e. The predicted octanol–water partition coefficient (Wildman–Crippen LogP) is 3.64. The summed E-state index contributed by atoms with van der Waals surface area (Å²) in [5.74, 6) is -4.34. The van der Waals surface area contributed by atoms with Crippen LogP contribution in [-0.4, -0.2) is 58.8 Å². The highest BCUT2D eigenvalue weighted by Crippen LogP contribution is 2.50. The largest absolute Gasteiger partial charge is 0.482 e. The molecule has 1 atom stereocenters. The van der Waals surface area contributed by atoms with Gasteiger partial charge in [-0.25, -0.2) is 28.4 Å². The lowest BCUT2D eigenvalue weighted by Gasteiger charge is -2.33. The molecule has 1 saturated carbocycles. The number of aliphatic hydroxyl groups excluding tert-OH is 1. The topological polar surface area (TPSA) is 162 Å². The maximum Gasteiger partial charge on any atom is 0.482 e. The Morgan fingerprint density at radius 2 is 1.79 bits per heavy atom. The summed E-state index contributed by atoms with van der Waals surface area (Å²) >= 11 is 0. The number of hydrogen-bond donors (Lipinski definition) is 2. The van der Waals surface area contributed by atoms with Crippen LogP contribution in [0.3, 0.4) is 0 Å². The number of hydrogen-bond acceptors (Lipinski definition) is 9. The highest BCUT2D eigenvalue weighted by atomic mass is 19.3. The predicted molar refractivity (Wildman–Crippen MR) is 156 cm³/mol. The van der Waals surface area contributed by atoms with Gasteiger partial charge < -0.3 is 15.6 Å². The van der Waals surface area contributed by atoms with Crippen molar-refractivity contribution >= 4 is 28.5 Å². The number of fused-ring (bicyclic) bond motifs is 2. The van der Waals surface area contributed by atoms with E-state index in [9.17, 15) is 32.3 Å². The van der Waals surface area contributed by atoms with E-state index in [0.29, 0.717) is 29.6 Å². The number of rotatable bonds is 8. The molecule has 0 spiro atoms. The number of aromatic nitrogens is 6. The molecule has 0 bridgehead atoms. The molecule has 5 aromatic rings. The van der Waals surface area contributed by atoms with E-state index in [1.54, 1.807) is 10.7 Å². The number of halogens is 4. The average Bonchev–Trinajstić information content (AvgIpc) is 3.71. The van der Waals surface area contributed by atoms with E-state index in [1.807, 2.05) is 0 Å². The summed E-state index contributed by atoms with van der Waals surface area (Å²) < 4.78 is 63.5. The Balaban J connectivity index is 1.41. The Morgan fingerprint density at radius 3 is 2.43 bits per heavy atom. The van der Waals surface area contributed by atoms with Gasteiger partial charge in [0.05, 0.1) is 60.1 Å². The summed E-state index contributed by atoms with van der Waals surface area (Å²) in [6.45, 7) is 0.991. The summed E-state index contributed by atoms with van der Waals surface area (Å²) in [5.41, 5.74) is 6.33. The lowest BCUT2D eigenvalue weighted by Crippen LogP contribution is -2.50. The van der Waals surface area contributed by atoms with Gasteiger partial charge in [-0.2, -0.15) is 13.9 Å². The highest BCUT2D eigenvalue weighted by molar-refractivity contribution is 6.09. The zero-order valence-electron chi connectivity index (χ0n) is 24.5. The van der Waals surface area contributed by atoms with Crippen molar-refractivity contribution < 1.29 is 37.0 Å². The molecule has 1 aliphatic heterocycles. The van der Waals surface area contributed by atoms with Crippen molar-refractivity contribution in [2.24, 2.45) is 5.73 Å². The number of alkyl halides is 2. The number of benzene rings is 1. The van der Waals surface area contributed by atoms with E-state index in [4.69, 9.17) is 15.5 Å². The van der Waals surface area contributed by atoms with Gasteiger partial charge >= 0.3 is 12.0 Å². The summed E-state index contributed by atoms with van der Waals surface area (Å²) in [6.07, 6.45) is 0.131. The normalized spacial score (nSPS) is 16.9. The molecule has 3 N–H and O–H groups in total. The van der Waals surface area contributed by atoms with Crippen LogP contribution in [0.5, 0.6) is 5.75 Å². The molecular weight excluding hydrogens is 624 g/mol. The molecule has 4 aromatic heterocycles. The molecule has 12 nitrogen and oxygen atoms in total. The smallest absolute Gasteiger partial charge is 0.423 e. The molecule has 0 unspecified atom stereocenters. The quantitative estimate of drug-likeness (QED) is 0.239. The second kappa shape index (κ2) is 10.8. The number of amides is 2. The number of anilines is 1. The minimum atomic E-state index is -4.28. The third-order valence-electron chi connectivity index (χ3n) is 8.11. The standard InChI is InChI=1S/C31H24F4N8O4/c1-15(44)8-20-26(27(36)45)25(19-13-40-43(28(19)41-20)30(6-7-30)23-5-3-17(32)10-37-23)16-2-4-21-22(9-16)47-31(34,35)29(46)42(21)14-24-38-11-18(33)12-39-24/h2-5,9-13,15,44H,6-8,14H2,1H3,(H2,36,45)/t15-/m0/s1. The molecule has 1 aromatic carbocycles. The fraction of sp³-hybridized carbons (Fsp3) is 0.258. The van der Waals surface area contributed by atoms with Gasteiger partial charge in [0.2, 0.25) is 0 Å². The van der Waals surface area contributed by atoms with E-state index in [0.717, 1.165) is 23.5 Å². The first-order valence-corrected chi connectivity index (χ1v) is 14.4. The molecule has 240 valence electrons. The van der Waals surface area contributed by atoms with Gasteiger partial charge in [0.15, 0.2) is 17.2 Å². The fourth-order valence-corrected chi connectivity index (χ4v) is 5.88. The zero-order valence-corrected chi connectivity index (χ0v) is 24.5. The van der Waals surface area contributed by atoms with Crippen molar-refractivity contribution in [3.8, 4) is 16.9 Å². The van der Waals surface area contributed by atoms with Crippen LogP contribution in [0.1, 0.15) is 47.3 Å². The first-order valence-electron chi connectivity index (χ1n) is 14.4. The summed E-state index contributed by atoms with van der Waals surface area (Å²) in [4.78, 5) is 43.0. The molecule has 7 rings (SSSR count). The molecule has 47 heavy (non-hydrogen) atoms. The molecule has 1 aliphatic carbocycles. The molecule has 0 radical (unpaired) electrons. The van der Waals surface area contributed by atoms with E-state index in [1.165, 1.54) is 37.4 Å². The third kappa shape index (κ3) is 5.10. The van der Waals surface area contributed by atoms with Crippen molar-refractivity contribution in [3.63, 3.8) is 0 Å². The monoisotopic (exact) mass is 648 g/mol. The Hall–Kier alpha value is -5.51. The number of primary amides is 1. The van der Waals surface area contributed by atoms with Gasteiger partial charge in [0.1, 0.15) is 17.2 Å². The maximum absolute atomic E-state index is 15.0. The molecule has 5 heterocycles. The molecule has 1 fully saturated rings. The molecule has 0 saturated heterocycles. The van der Waals surface area contributed by atoms with Gasteiger partial charge in [-0.1, -0.05) is 6.07 Å². The Bertz CT molecular complexity index is 2070. The number of aliphatic hydroxyl groups is 1. The second-order valence-electron chi connectivity index (χ2n) is 11.4. The number of ether oxygens (including phenoxy) is 1. The van der Waals surface area contributed by atoms with Crippen LogP contribution >= 0.6 is 0 Å². The molecular formula is C31H24F4N8O4. The first-order chi connectivity index (χ1) is 22.4. The van der Waals surface area contributed by atoms with Gasteiger partial charge in [-0.05, 0) is 49.6 Å². The average molecular weight is 649 g/mol. The van der Waals surface area contributed by atoms with Crippen LogP contribution in [-0.2, 0) is 23.3 Å². The van der Waals surface area contributed by atoms with Crippen LogP contribution in [0.2, 0.25) is 0 Å². The number of nitrogens with zero attached hydrogens (tertiary/aromatic N) is 7. The lowest BCUT2D eigenvalue weighted by atomic mass is 9.93. The summed E-state index contributed by atoms with van der Waals surface area (Å²) in [7, 11) is 0. The van der Waals surface area contributed by atoms with Crippen molar-refractivity contribution in [2.75, 3.05) is 4.90 Å². The Morgan fingerprint density at radius 1 is 1.06 bits per heavy atom. The minimum absolute atomic E-state index is 0.0530. The van der Waals surface area contributed by atoms with Gasteiger partial charge in [-0.15, -0.1) is 0 Å². The van der Waals surface area contributed by atoms with Crippen LogP contribution in [0, 0.1) is 11.6 Å². The van der Waals surface area contributed by atoms with E-state index in [-0.39, 0.29) is 40.3 Å². The van der Waals surface area contributed by atoms with Crippen LogP contribution in [0.25, 0.3) is 22.2 Å². The van der Waals surface area contributed by atoms with Crippen molar-refractivity contribution in [1.29, 1.82) is 0 Å². The van der Waals surface area contributed by atoms with Gasteiger partial charge in [0.25, 0.3) is 5.91 Å².